The molecular weight excluding hydrogens is 579 g/mol. The molecule has 0 bridgehead atoms. The number of nitrogens with two attached hydrogens (primary N) is 1. The number of unbranched alkanes of at least 4 members (excludes halogenated alkanes) is 2. The summed E-state index contributed by atoms with van der Waals surface area (Å²) in [6.45, 7) is 0.589. The lowest BCUT2D eigenvalue weighted by Gasteiger charge is -2.15. The van der Waals surface area contributed by atoms with E-state index in [-0.39, 0.29) is 54.0 Å². The summed E-state index contributed by atoms with van der Waals surface area (Å²) in [5, 5.41) is 4.25. The first kappa shape index (κ1) is 27.6. The summed E-state index contributed by atoms with van der Waals surface area (Å²) in [5.74, 6) is -1.07. The van der Waals surface area contributed by atoms with Crippen LogP contribution in [0.25, 0.3) is 0 Å². The maximum absolute atomic E-state index is 12.4. The summed E-state index contributed by atoms with van der Waals surface area (Å²) < 4.78 is 0.933. The van der Waals surface area contributed by atoms with E-state index in [1.165, 1.54) is 4.90 Å². The number of thiol groups is 1. The summed E-state index contributed by atoms with van der Waals surface area (Å²) in [5.41, 5.74) is 6.11. The number of benzene rings is 1. The Morgan fingerprint density at radius 2 is 1.97 bits per heavy atom. The first-order valence-electron chi connectivity index (χ1n) is 10.4. The predicted molar refractivity (Wildman–Crippen MR) is 138 cm³/mol. The minimum absolute atomic E-state index is 0.00155. The first-order chi connectivity index (χ1) is 15.7. The van der Waals surface area contributed by atoms with Gasteiger partial charge in [0.1, 0.15) is 5.25 Å². The number of likely N-dealkylation sites (tertiary alicyclic amines) is 1. The first-order valence-corrected chi connectivity index (χ1v) is 13.0. The Balaban J connectivity index is 1.60. The summed E-state index contributed by atoms with van der Waals surface area (Å²) in [6.07, 6.45) is 1.96. The highest BCUT2D eigenvalue weighted by Crippen LogP contribution is 2.26. The molecule has 1 heterocycles. The van der Waals surface area contributed by atoms with E-state index in [0.717, 1.165) is 15.3 Å². The highest BCUT2D eigenvalue weighted by molar-refractivity contribution is 14.1. The smallest absolute Gasteiger partial charge is 0.251 e. The molecule has 180 valence electrons. The molecule has 12 heteroatoms. The second-order valence-electron chi connectivity index (χ2n) is 7.41. The van der Waals surface area contributed by atoms with Crippen LogP contribution in [0.15, 0.2) is 24.3 Å². The van der Waals surface area contributed by atoms with E-state index >= 15 is 0 Å². The van der Waals surface area contributed by atoms with Gasteiger partial charge in [-0.2, -0.15) is 12.6 Å². The van der Waals surface area contributed by atoms with E-state index in [1.807, 2.05) is 6.07 Å². The van der Waals surface area contributed by atoms with Crippen LogP contribution in [0.3, 0.4) is 0 Å². The fourth-order valence-electron chi connectivity index (χ4n) is 3.04. The van der Waals surface area contributed by atoms with Crippen molar-refractivity contribution in [2.24, 2.45) is 5.73 Å². The van der Waals surface area contributed by atoms with E-state index < -0.39 is 11.3 Å². The van der Waals surface area contributed by atoms with Gasteiger partial charge in [0.25, 0.3) is 5.91 Å². The minimum atomic E-state index is -0.763. The van der Waals surface area contributed by atoms with Gasteiger partial charge in [0, 0.05) is 34.4 Å². The molecule has 1 aliphatic heterocycles. The van der Waals surface area contributed by atoms with Crippen molar-refractivity contribution in [2.75, 3.05) is 25.4 Å². The Bertz CT molecular complexity index is 901. The Kier molecular flexibility index (Phi) is 11.6. The number of amides is 4. The molecule has 4 amide bonds. The Morgan fingerprint density at radius 3 is 2.67 bits per heavy atom. The average molecular weight is 607 g/mol. The Morgan fingerprint density at radius 1 is 1.21 bits per heavy atom. The van der Waals surface area contributed by atoms with Gasteiger partial charge in [-0.25, -0.2) is 0 Å². The molecule has 1 unspecified atom stereocenters. The van der Waals surface area contributed by atoms with Crippen molar-refractivity contribution in [3.63, 3.8) is 0 Å². The molecule has 0 spiro atoms. The molecule has 0 saturated carbocycles. The van der Waals surface area contributed by atoms with Gasteiger partial charge in [-0.3, -0.25) is 28.9 Å². The van der Waals surface area contributed by atoms with Gasteiger partial charge in [-0.05, 0) is 60.1 Å². The van der Waals surface area contributed by atoms with Gasteiger partial charge in [0.15, 0.2) is 0 Å². The van der Waals surface area contributed by atoms with E-state index in [9.17, 15) is 24.0 Å². The van der Waals surface area contributed by atoms with Gasteiger partial charge in [0.05, 0.1) is 12.6 Å². The highest BCUT2D eigenvalue weighted by atomic mass is 127. The monoisotopic (exact) mass is 606 g/mol. The standard InChI is InChI=1S/C21H27IN4O5S2/c22-14-6-4-5-13(9-14)19(29)25-11-17(27)24-7-2-1-3-8-26-18(28)10-16(20(26)30)33-21(31)15(23)12-32/h4-6,9,15-16,32H,1-3,7-8,10-12,23H2,(H,24,27)(H,25,29)/t15-,16?/m0/s1. The SMILES string of the molecule is N[C@@H](CS)C(=O)SC1CC(=O)N(CCCCCNC(=O)CNC(=O)c2cccc(I)c2)C1=O. The number of nitrogens with zero attached hydrogens (tertiary/aromatic N) is 1. The number of carbonyl (C=O) groups excluding carboxylic acids is 5. The zero-order valence-corrected chi connectivity index (χ0v) is 21.8. The molecule has 0 aromatic heterocycles. The fourth-order valence-corrected chi connectivity index (χ4v) is 4.86. The van der Waals surface area contributed by atoms with Gasteiger partial charge in [0.2, 0.25) is 22.8 Å². The van der Waals surface area contributed by atoms with Crippen LogP contribution in [0.2, 0.25) is 0 Å². The van der Waals surface area contributed by atoms with Crippen LogP contribution in [0, 0.1) is 3.57 Å². The van der Waals surface area contributed by atoms with Crippen LogP contribution in [-0.4, -0.2) is 70.3 Å². The van der Waals surface area contributed by atoms with Crippen LogP contribution in [0.5, 0.6) is 0 Å². The van der Waals surface area contributed by atoms with Gasteiger partial charge >= 0.3 is 0 Å². The molecule has 4 N–H and O–H groups in total. The van der Waals surface area contributed by atoms with Crippen LogP contribution in [0.1, 0.15) is 36.0 Å². The fraction of sp³-hybridized carbons (Fsp3) is 0.476. The summed E-state index contributed by atoms with van der Waals surface area (Å²) in [4.78, 5) is 61.5. The van der Waals surface area contributed by atoms with E-state index in [0.29, 0.717) is 31.4 Å². The highest BCUT2D eigenvalue weighted by Gasteiger charge is 2.40. The molecule has 1 fully saturated rings. The molecule has 1 aromatic carbocycles. The quantitative estimate of drug-likeness (QED) is 0.120. The van der Waals surface area contributed by atoms with Crippen molar-refractivity contribution in [1.82, 2.24) is 15.5 Å². The molecule has 1 aliphatic rings. The Hall–Kier alpha value is -1.64. The largest absolute Gasteiger partial charge is 0.355 e. The molecular formula is C21H27IN4O5S2. The molecule has 0 aliphatic carbocycles. The molecule has 2 rings (SSSR count). The number of imide groups is 1. The maximum Gasteiger partial charge on any atom is 0.251 e. The molecule has 2 atom stereocenters. The topological polar surface area (TPSA) is 139 Å². The lowest BCUT2D eigenvalue weighted by molar-refractivity contribution is -0.138. The van der Waals surface area contributed by atoms with Crippen molar-refractivity contribution < 1.29 is 24.0 Å². The zero-order valence-electron chi connectivity index (χ0n) is 17.9. The third-order valence-electron chi connectivity index (χ3n) is 4.84. The lowest BCUT2D eigenvalue weighted by atomic mass is 10.2. The number of rotatable bonds is 12. The van der Waals surface area contributed by atoms with Crippen LogP contribution >= 0.6 is 47.0 Å². The third-order valence-corrected chi connectivity index (χ3v) is 7.09. The van der Waals surface area contributed by atoms with Crippen LogP contribution in [-0.2, 0) is 19.2 Å². The summed E-state index contributed by atoms with van der Waals surface area (Å²) in [6, 6.07) is 6.30. The van der Waals surface area contributed by atoms with Gasteiger partial charge < -0.3 is 16.4 Å². The lowest BCUT2D eigenvalue weighted by Crippen LogP contribution is -2.37. The predicted octanol–water partition coefficient (Wildman–Crippen LogP) is 0.952. The van der Waals surface area contributed by atoms with Crippen molar-refractivity contribution >= 4 is 75.7 Å². The number of thioether (sulfide) groups is 1. The van der Waals surface area contributed by atoms with Crippen LogP contribution < -0.4 is 16.4 Å². The average Bonchev–Trinajstić information content (AvgIpc) is 3.06. The van der Waals surface area contributed by atoms with Gasteiger partial charge in [-0.1, -0.05) is 17.8 Å². The van der Waals surface area contributed by atoms with Crippen molar-refractivity contribution in [2.45, 2.75) is 37.0 Å². The third kappa shape index (κ3) is 8.91. The number of hydrogen-bond donors (Lipinski definition) is 4. The number of nitrogens with one attached hydrogen (secondary N) is 2. The van der Waals surface area contributed by atoms with Crippen LogP contribution in [0.4, 0.5) is 0 Å². The van der Waals surface area contributed by atoms with Crippen molar-refractivity contribution in [3.05, 3.63) is 33.4 Å². The molecule has 33 heavy (non-hydrogen) atoms. The normalized spacial score (nSPS) is 16.6. The second kappa shape index (κ2) is 13.9. The molecule has 0 radical (unpaired) electrons. The molecule has 9 nitrogen and oxygen atoms in total. The van der Waals surface area contributed by atoms with Crippen molar-refractivity contribution in [3.8, 4) is 0 Å². The number of carbonyl (C=O) groups is 5. The number of halogens is 1. The van der Waals surface area contributed by atoms with Crippen molar-refractivity contribution in [1.29, 1.82) is 0 Å². The van der Waals surface area contributed by atoms with Gasteiger partial charge in [-0.15, -0.1) is 0 Å². The molecule has 1 saturated heterocycles. The second-order valence-corrected chi connectivity index (χ2v) is 10.2. The molecule has 1 aromatic rings. The zero-order chi connectivity index (χ0) is 24.4. The maximum atomic E-state index is 12.4. The van der Waals surface area contributed by atoms with E-state index in [1.54, 1.807) is 18.2 Å². The minimum Gasteiger partial charge on any atom is -0.355 e. The van der Waals surface area contributed by atoms with E-state index in [2.05, 4.69) is 45.9 Å². The number of hydrogen-bond acceptors (Lipinski definition) is 8. The summed E-state index contributed by atoms with van der Waals surface area (Å²) >= 11 is 6.89. The van der Waals surface area contributed by atoms with E-state index in [4.69, 9.17) is 5.73 Å². The summed E-state index contributed by atoms with van der Waals surface area (Å²) in [7, 11) is 0. The Labute approximate surface area is 215 Å².